The van der Waals surface area contributed by atoms with Gasteiger partial charge < -0.3 is 0 Å². The van der Waals surface area contributed by atoms with Gasteiger partial charge in [-0.2, -0.15) is 0 Å². The summed E-state index contributed by atoms with van der Waals surface area (Å²) >= 11 is 3.24. The molecule has 0 atom stereocenters. The Hall–Kier alpha value is -1.66. The van der Waals surface area contributed by atoms with Crippen LogP contribution in [0.3, 0.4) is 0 Å². The van der Waals surface area contributed by atoms with Crippen LogP contribution in [0.5, 0.6) is 0 Å². The summed E-state index contributed by atoms with van der Waals surface area (Å²) in [6.07, 6.45) is 0. The number of rotatable bonds is 4. The minimum absolute atomic E-state index is 0.00533. The van der Waals surface area contributed by atoms with Crippen LogP contribution < -0.4 is 5.56 Å². The molecule has 114 valence electrons. The summed E-state index contributed by atoms with van der Waals surface area (Å²) in [5, 5.41) is 4.62. The van der Waals surface area contributed by atoms with Crippen molar-refractivity contribution in [3.63, 3.8) is 0 Å². The fourth-order valence-corrected chi connectivity index (χ4v) is 3.92. The second-order valence-electron chi connectivity index (χ2n) is 5.40. The molecule has 0 amide bonds. The molecule has 0 bridgehead atoms. The zero-order valence-corrected chi connectivity index (χ0v) is 14.4. The van der Waals surface area contributed by atoms with E-state index in [2.05, 4.69) is 29.2 Å². The molecule has 2 heterocycles. The average molecular weight is 331 g/mol. The standard InChI is InChI=1S/C16H17N3OS2/c1-10(2)14-17-11(8-21-14)9-22-16-18-13-7-5-4-6-12(13)15(20)19(16)3/h4-8,10H,9H2,1-3H3. The Bertz CT molecular complexity index is 867. The van der Waals surface area contributed by atoms with E-state index in [0.29, 0.717) is 11.3 Å². The van der Waals surface area contributed by atoms with Crippen molar-refractivity contribution in [1.82, 2.24) is 14.5 Å². The summed E-state index contributed by atoms with van der Waals surface area (Å²) in [4.78, 5) is 21.6. The molecule has 2 aromatic heterocycles. The van der Waals surface area contributed by atoms with Gasteiger partial charge in [-0.05, 0) is 12.1 Å². The Balaban J connectivity index is 1.87. The monoisotopic (exact) mass is 331 g/mol. The highest BCUT2D eigenvalue weighted by Crippen LogP contribution is 2.25. The van der Waals surface area contributed by atoms with Gasteiger partial charge in [0.15, 0.2) is 5.16 Å². The van der Waals surface area contributed by atoms with Crippen LogP contribution >= 0.6 is 23.1 Å². The molecule has 0 saturated carbocycles. The van der Waals surface area contributed by atoms with Crippen LogP contribution in [0.2, 0.25) is 0 Å². The summed E-state index contributed by atoms with van der Waals surface area (Å²) in [5.74, 6) is 1.17. The SMILES string of the molecule is CC(C)c1nc(CSc2nc3ccccc3c(=O)n2C)cs1. The highest BCUT2D eigenvalue weighted by molar-refractivity contribution is 7.98. The van der Waals surface area contributed by atoms with E-state index in [9.17, 15) is 4.79 Å². The Morgan fingerprint density at radius 1 is 1.27 bits per heavy atom. The van der Waals surface area contributed by atoms with Crippen LogP contribution in [0.15, 0.2) is 39.6 Å². The van der Waals surface area contributed by atoms with Gasteiger partial charge in [-0.25, -0.2) is 9.97 Å². The topological polar surface area (TPSA) is 47.8 Å². The molecule has 3 aromatic rings. The first-order chi connectivity index (χ1) is 10.6. The molecule has 4 nitrogen and oxygen atoms in total. The van der Waals surface area contributed by atoms with Gasteiger partial charge in [-0.15, -0.1) is 11.3 Å². The normalized spacial score (nSPS) is 11.5. The smallest absolute Gasteiger partial charge is 0.261 e. The molecule has 1 aromatic carbocycles. The Morgan fingerprint density at radius 3 is 2.77 bits per heavy atom. The predicted octanol–water partition coefficient (Wildman–Crippen LogP) is 3.81. The third kappa shape index (κ3) is 2.94. The number of thiazole rings is 1. The predicted molar refractivity (Wildman–Crippen MR) is 92.7 cm³/mol. The molecule has 0 saturated heterocycles. The van der Waals surface area contributed by atoms with Crippen molar-refractivity contribution in [3.05, 3.63) is 50.7 Å². The first-order valence-electron chi connectivity index (χ1n) is 7.09. The minimum atomic E-state index is -0.00533. The van der Waals surface area contributed by atoms with Crippen molar-refractivity contribution < 1.29 is 0 Å². The molecule has 0 aliphatic carbocycles. The van der Waals surface area contributed by atoms with Gasteiger partial charge in [-0.1, -0.05) is 37.7 Å². The van der Waals surface area contributed by atoms with E-state index in [-0.39, 0.29) is 5.56 Å². The molecule has 0 spiro atoms. The number of para-hydroxylation sites is 1. The van der Waals surface area contributed by atoms with Crippen molar-refractivity contribution in [2.45, 2.75) is 30.7 Å². The number of hydrogen-bond acceptors (Lipinski definition) is 5. The van der Waals surface area contributed by atoms with E-state index in [1.54, 1.807) is 34.7 Å². The van der Waals surface area contributed by atoms with Gasteiger partial charge in [-0.3, -0.25) is 9.36 Å². The van der Waals surface area contributed by atoms with Crippen LogP contribution in [0.4, 0.5) is 0 Å². The number of benzene rings is 1. The van der Waals surface area contributed by atoms with E-state index in [0.717, 1.165) is 27.1 Å². The molecular weight excluding hydrogens is 314 g/mol. The zero-order chi connectivity index (χ0) is 15.7. The van der Waals surface area contributed by atoms with E-state index in [1.165, 1.54) is 0 Å². The summed E-state index contributed by atoms with van der Waals surface area (Å²) < 4.78 is 1.61. The van der Waals surface area contributed by atoms with E-state index < -0.39 is 0 Å². The van der Waals surface area contributed by atoms with Crippen molar-refractivity contribution in [2.24, 2.45) is 7.05 Å². The largest absolute Gasteiger partial charge is 0.290 e. The highest BCUT2D eigenvalue weighted by Gasteiger charge is 2.10. The number of nitrogens with zero attached hydrogens (tertiary/aromatic N) is 3. The van der Waals surface area contributed by atoms with Crippen molar-refractivity contribution >= 4 is 34.0 Å². The summed E-state index contributed by atoms with van der Waals surface area (Å²) in [5.41, 5.74) is 1.78. The Labute approximate surface area is 137 Å². The second kappa shape index (κ2) is 6.22. The first kappa shape index (κ1) is 15.2. The summed E-state index contributed by atoms with van der Waals surface area (Å²) in [6.45, 7) is 4.29. The van der Waals surface area contributed by atoms with E-state index >= 15 is 0 Å². The maximum absolute atomic E-state index is 12.3. The highest BCUT2D eigenvalue weighted by atomic mass is 32.2. The molecule has 0 aliphatic rings. The van der Waals surface area contributed by atoms with Crippen LogP contribution in [-0.4, -0.2) is 14.5 Å². The van der Waals surface area contributed by atoms with Gasteiger partial charge in [0.1, 0.15) is 0 Å². The molecule has 0 unspecified atom stereocenters. The minimum Gasteiger partial charge on any atom is -0.290 e. The molecule has 22 heavy (non-hydrogen) atoms. The van der Waals surface area contributed by atoms with Crippen molar-refractivity contribution in [1.29, 1.82) is 0 Å². The van der Waals surface area contributed by atoms with Crippen LogP contribution in [0.25, 0.3) is 10.9 Å². The molecular formula is C16H17N3OS2. The number of hydrogen-bond donors (Lipinski definition) is 0. The average Bonchev–Trinajstić information content (AvgIpc) is 2.99. The van der Waals surface area contributed by atoms with Gasteiger partial charge in [0.05, 0.1) is 21.6 Å². The lowest BCUT2D eigenvalue weighted by Crippen LogP contribution is -2.19. The molecule has 0 radical (unpaired) electrons. The van der Waals surface area contributed by atoms with E-state index in [1.807, 2.05) is 24.3 Å². The second-order valence-corrected chi connectivity index (χ2v) is 7.23. The van der Waals surface area contributed by atoms with Gasteiger partial charge in [0.2, 0.25) is 0 Å². The van der Waals surface area contributed by atoms with Crippen molar-refractivity contribution in [2.75, 3.05) is 0 Å². The van der Waals surface area contributed by atoms with E-state index in [4.69, 9.17) is 0 Å². The number of thioether (sulfide) groups is 1. The maximum atomic E-state index is 12.3. The zero-order valence-electron chi connectivity index (χ0n) is 12.7. The van der Waals surface area contributed by atoms with Crippen LogP contribution in [0, 0.1) is 0 Å². The number of fused-ring (bicyclic) bond motifs is 1. The first-order valence-corrected chi connectivity index (χ1v) is 8.95. The molecule has 0 N–H and O–H groups in total. The maximum Gasteiger partial charge on any atom is 0.261 e. The Kier molecular flexibility index (Phi) is 4.31. The Morgan fingerprint density at radius 2 is 2.05 bits per heavy atom. The molecule has 0 aliphatic heterocycles. The van der Waals surface area contributed by atoms with Gasteiger partial charge in [0, 0.05) is 24.1 Å². The third-order valence-corrected chi connectivity index (χ3v) is 5.61. The lowest BCUT2D eigenvalue weighted by molar-refractivity contribution is 0.726. The molecule has 3 rings (SSSR count). The number of aromatic nitrogens is 3. The van der Waals surface area contributed by atoms with Crippen LogP contribution in [-0.2, 0) is 12.8 Å². The lowest BCUT2D eigenvalue weighted by Gasteiger charge is -2.07. The summed E-state index contributed by atoms with van der Waals surface area (Å²) in [7, 11) is 1.77. The lowest BCUT2D eigenvalue weighted by atomic mass is 10.2. The quantitative estimate of drug-likeness (QED) is 0.539. The molecule has 6 heteroatoms. The van der Waals surface area contributed by atoms with Crippen molar-refractivity contribution in [3.8, 4) is 0 Å². The molecule has 0 fully saturated rings. The summed E-state index contributed by atoms with van der Waals surface area (Å²) in [6, 6.07) is 7.45. The van der Waals surface area contributed by atoms with Crippen LogP contribution in [0.1, 0.15) is 30.5 Å². The van der Waals surface area contributed by atoms with Gasteiger partial charge in [0.25, 0.3) is 5.56 Å². The fourth-order valence-electron chi connectivity index (χ4n) is 2.12. The third-order valence-electron chi connectivity index (χ3n) is 3.35. The fraction of sp³-hybridized carbons (Fsp3) is 0.312. The van der Waals surface area contributed by atoms with Gasteiger partial charge >= 0.3 is 0 Å².